The molecule has 2 aromatic carbocycles. The lowest BCUT2D eigenvalue weighted by atomic mass is 10.0. The Morgan fingerprint density at radius 2 is 1.77 bits per heavy atom. The van der Waals surface area contributed by atoms with E-state index in [4.69, 9.17) is 4.74 Å². The number of carbonyl (C=O) groups excluding carboxylic acids is 2. The number of carboxylic acid groups (broad SMARTS) is 1. The van der Waals surface area contributed by atoms with Gasteiger partial charge in [0, 0.05) is 30.6 Å². The van der Waals surface area contributed by atoms with Crippen LogP contribution in [0, 0.1) is 0 Å². The van der Waals surface area contributed by atoms with Crippen LogP contribution >= 0.6 is 0 Å². The van der Waals surface area contributed by atoms with E-state index in [0.29, 0.717) is 22.6 Å². The largest absolute Gasteiger partial charge is 0.497 e. The molecule has 0 spiro atoms. The molecule has 1 heterocycles. The van der Waals surface area contributed by atoms with Crippen molar-refractivity contribution in [1.29, 1.82) is 0 Å². The number of ketones is 1. The van der Waals surface area contributed by atoms with Crippen molar-refractivity contribution in [2.75, 3.05) is 18.6 Å². The van der Waals surface area contributed by atoms with Gasteiger partial charge in [-0.2, -0.15) is 0 Å². The number of para-hydroxylation sites is 1. The van der Waals surface area contributed by atoms with Crippen LogP contribution in [0.1, 0.15) is 34.7 Å². The molecule has 1 aliphatic rings. The molecule has 0 aliphatic carbocycles. The van der Waals surface area contributed by atoms with Gasteiger partial charge in [-0.1, -0.05) is 18.2 Å². The number of nitrogens with zero attached hydrogens (tertiary/aromatic N) is 1. The molecule has 6 nitrogen and oxygen atoms in total. The lowest BCUT2D eigenvalue weighted by Gasteiger charge is -2.17. The van der Waals surface area contributed by atoms with Crippen molar-refractivity contribution in [2.45, 2.75) is 18.8 Å². The number of carbonyl (C=O) groups is 3. The topological polar surface area (TPSA) is 83.9 Å². The zero-order chi connectivity index (χ0) is 18.7. The van der Waals surface area contributed by atoms with Crippen molar-refractivity contribution >= 4 is 23.3 Å². The normalized spacial score (nSPS) is 15.4. The fourth-order valence-corrected chi connectivity index (χ4v) is 3.13. The third kappa shape index (κ3) is 3.44. The van der Waals surface area contributed by atoms with Crippen LogP contribution in [0.2, 0.25) is 0 Å². The quantitative estimate of drug-likeness (QED) is 0.807. The number of benzene rings is 2. The third-order valence-electron chi connectivity index (χ3n) is 4.55. The molecular weight excluding hydrogens is 334 g/mol. The molecule has 6 heteroatoms. The molecule has 134 valence electrons. The molecule has 1 atom stereocenters. The zero-order valence-corrected chi connectivity index (χ0v) is 14.3. The van der Waals surface area contributed by atoms with Gasteiger partial charge in [0.15, 0.2) is 5.78 Å². The van der Waals surface area contributed by atoms with Crippen LogP contribution in [-0.4, -0.2) is 36.4 Å². The number of ether oxygens (including phenoxy) is 1. The Bertz CT molecular complexity index is 844. The Morgan fingerprint density at radius 1 is 1.08 bits per heavy atom. The van der Waals surface area contributed by atoms with Gasteiger partial charge in [0.2, 0.25) is 5.91 Å². The van der Waals surface area contributed by atoms with Gasteiger partial charge in [0.25, 0.3) is 0 Å². The van der Waals surface area contributed by atoms with Gasteiger partial charge in [-0.3, -0.25) is 14.4 Å². The molecule has 0 bridgehead atoms. The minimum Gasteiger partial charge on any atom is -0.497 e. The maximum Gasteiger partial charge on any atom is 0.312 e. The predicted octanol–water partition coefficient (Wildman–Crippen LogP) is 2.87. The summed E-state index contributed by atoms with van der Waals surface area (Å²) in [5.41, 5.74) is 1.76. The smallest absolute Gasteiger partial charge is 0.312 e. The average Bonchev–Trinajstić information content (AvgIpc) is 3.06. The van der Waals surface area contributed by atoms with Gasteiger partial charge >= 0.3 is 5.97 Å². The number of fused-ring (bicyclic) bond motifs is 1. The third-order valence-corrected chi connectivity index (χ3v) is 4.55. The van der Waals surface area contributed by atoms with E-state index in [1.165, 1.54) is 4.90 Å². The number of methoxy groups -OCH3 is 1. The van der Waals surface area contributed by atoms with Gasteiger partial charge in [-0.25, -0.2) is 0 Å². The summed E-state index contributed by atoms with van der Waals surface area (Å²) in [4.78, 5) is 37.8. The van der Waals surface area contributed by atoms with Crippen LogP contribution < -0.4 is 9.64 Å². The summed E-state index contributed by atoms with van der Waals surface area (Å²) in [6.07, 6.45) is 0.104. The van der Waals surface area contributed by atoms with E-state index in [1.54, 1.807) is 55.6 Å². The second-order valence-electron chi connectivity index (χ2n) is 6.11. The van der Waals surface area contributed by atoms with Gasteiger partial charge in [-0.15, -0.1) is 0 Å². The second kappa shape index (κ2) is 7.39. The van der Waals surface area contributed by atoms with Crippen LogP contribution in [0.25, 0.3) is 0 Å². The Balaban J connectivity index is 1.67. The number of hydrogen-bond acceptors (Lipinski definition) is 4. The first-order valence-electron chi connectivity index (χ1n) is 8.30. The molecule has 2 aromatic rings. The molecule has 0 fully saturated rings. The number of hydrogen-bond donors (Lipinski definition) is 1. The van der Waals surface area contributed by atoms with Crippen LogP contribution in [-0.2, 0) is 9.59 Å². The summed E-state index contributed by atoms with van der Waals surface area (Å²) in [5.74, 6) is -1.41. The lowest BCUT2D eigenvalue weighted by molar-refractivity contribution is -0.138. The van der Waals surface area contributed by atoms with Crippen LogP contribution in [0.4, 0.5) is 5.69 Å². The summed E-state index contributed by atoms with van der Waals surface area (Å²) >= 11 is 0. The zero-order valence-electron chi connectivity index (χ0n) is 14.3. The molecule has 0 saturated heterocycles. The minimum absolute atomic E-state index is 0.0333. The fraction of sp³-hybridized carbons (Fsp3) is 0.250. The van der Waals surface area contributed by atoms with Gasteiger partial charge < -0.3 is 14.7 Å². The number of aliphatic carboxylic acids is 1. The highest BCUT2D eigenvalue weighted by atomic mass is 16.5. The molecule has 0 radical (unpaired) electrons. The molecule has 1 aliphatic heterocycles. The van der Waals surface area contributed by atoms with E-state index in [1.807, 2.05) is 0 Å². The summed E-state index contributed by atoms with van der Waals surface area (Å²) in [5, 5.41) is 9.37. The van der Waals surface area contributed by atoms with Crippen molar-refractivity contribution in [1.82, 2.24) is 0 Å². The first-order valence-corrected chi connectivity index (χ1v) is 8.30. The highest BCUT2D eigenvalue weighted by molar-refractivity contribution is 6.03. The summed E-state index contributed by atoms with van der Waals surface area (Å²) in [6, 6.07) is 13.7. The minimum atomic E-state index is -0.956. The Labute approximate surface area is 151 Å². The van der Waals surface area contributed by atoms with E-state index in [0.717, 1.165) is 0 Å². The first-order chi connectivity index (χ1) is 12.5. The van der Waals surface area contributed by atoms with E-state index in [9.17, 15) is 19.5 Å². The van der Waals surface area contributed by atoms with Gasteiger partial charge in [0.1, 0.15) is 11.7 Å². The highest BCUT2D eigenvalue weighted by Crippen LogP contribution is 2.36. The standard InChI is InChI=1S/C20H19NO5/c1-26-14-8-6-13(7-9-14)18(22)10-11-19(23)21-12-16(20(24)25)15-4-2-3-5-17(15)21/h2-9,16H,10-12H2,1H3,(H,24,25). The first kappa shape index (κ1) is 17.7. The predicted molar refractivity (Wildman–Crippen MR) is 95.7 cm³/mol. The van der Waals surface area contributed by atoms with Crippen molar-refractivity contribution in [3.05, 3.63) is 59.7 Å². The maximum absolute atomic E-state index is 12.6. The van der Waals surface area contributed by atoms with Crippen LogP contribution in [0.15, 0.2) is 48.5 Å². The molecule has 0 saturated carbocycles. The SMILES string of the molecule is COc1ccc(C(=O)CCC(=O)N2CC(C(=O)O)c3ccccc32)cc1. The maximum atomic E-state index is 12.6. The van der Waals surface area contributed by atoms with E-state index < -0.39 is 11.9 Å². The molecule has 3 rings (SSSR count). The number of rotatable bonds is 6. The number of anilines is 1. The summed E-state index contributed by atoms with van der Waals surface area (Å²) in [6.45, 7) is 0.101. The van der Waals surface area contributed by atoms with Gasteiger partial charge in [0.05, 0.1) is 7.11 Å². The van der Waals surface area contributed by atoms with Crippen LogP contribution in [0.3, 0.4) is 0 Å². The van der Waals surface area contributed by atoms with E-state index in [-0.39, 0.29) is 31.1 Å². The number of Topliss-reactive ketones (excluding diaryl/α,β-unsaturated/α-hetero) is 1. The molecule has 26 heavy (non-hydrogen) atoms. The number of amides is 1. The Morgan fingerprint density at radius 3 is 2.42 bits per heavy atom. The van der Waals surface area contributed by atoms with Crippen molar-refractivity contribution in [3.8, 4) is 5.75 Å². The van der Waals surface area contributed by atoms with Crippen molar-refractivity contribution in [3.63, 3.8) is 0 Å². The average molecular weight is 353 g/mol. The van der Waals surface area contributed by atoms with Crippen LogP contribution in [0.5, 0.6) is 5.75 Å². The van der Waals surface area contributed by atoms with E-state index >= 15 is 0 Å². The Kier molecular flexibility index (Phi) is 5.02. The molecular formula is C20H19NO5. The summed E-state index contributed by atoms with van der Waals surface area (Å²) in [7, 11) is 1.55. The molecule has 1 unspecified atom stereocenters. The fourth-order valence-electron chi connectivity index (χ4n) is 3.13. The monoisotopic (exact) mass is 353 g/mol. The van der Waals surface area contributed by atoms with E-state index in [2.05, 4.69) is 0 Å². The van der Waals surface area contributed by atoms with Crippen molar-refractivity contribution in [2.24, 2.45) is 0 Å². The lowest BCUT2D eigenvalue weighted by Crippen LogP contribution is -2.31. The molecule has 0 aromatic heterocycles. The second-order valence-corrected chi connectivity index (χ2v) is 6.11. The summed E-state index contributed by atoms with van der Waals surface area (Å²) < 4.78 is 5.06. The molecule has 1 N–H and O–H groups in total. The molecule has 1 amide bonds. The Hall–Kier alpha value is -3.15. The van der Waals surface area contributed by atoms with Crippen molar-refractivity contribution < 1.29 is 24.2 Å². The highest BCUT2D eigenvalue weighted by Gasteiger charge is 2.36. The van der Waals surface area contributed by atoms with Gasteiger partial charge in [-0.05, 0) is 35.9 Å². The number of carboxylic acids is 1.